The van der Waals surface area contributed by atoms with Crippen LogP contribution < -0.4 is 0 Å². The summed E-state index contributed by atoms with van der Waals surface area (Å²) < 4.78 is 18.9. The van der Waals surface area contributed by atoms with Gasteiger partial charge >= 0.3 is 0 Å². The molecule has 5 heteroatoms. The minimum absolute atomic E-state index is 0.00888. The summed E-state index contributed by atoms with van der Waals surface area (Å²) in [5.41, 5.74) is -0.407. The van der Waals surface area contributed by atoms with Gasteiger partial charge in [0, 0.05) is 18.3 Å². The Morgan fingerprint density at radius 1 is 1.03 bits per heavy atom. The van der Waals surface area contributed by atoms with Crippen LogP contribution in [0.5, 0.6) is 0 Å². The van der Waals surface area contributed by atoms with E-state index in [1.807, 2.05) is 0 Å². The molecule has 1 aliphatic heterocycles. The first kappa shape index (κ1) is 21.8. The number of aliphatic hydroxyl groups is 1. The zero-order valence-corrected chi connectivity index (χ0v) is 20.2. The highest BCUT2D eigenvalue weighted by molar-refractivity contribution is 6.74. The van der Waals surface area contributed by atoms with E-state index in [1.54, 1.807) is 0 Å². The molecule has 29 heavy (non-hydrogen) atoms. The lowest BCUT2D eigenvalue weighted by Crippen LogP contribution is -2.60. The van der Waals surface area contributed by atoms with Gasteiger partial charge in [0.1, 0.15) is 5.60 Å². The SMILES string of the molecule is CC(C)(C)[Si](C)(C)O[C@@](C)(C#C[C@@H]1[C@H]2CC3(OCCO3)[C@H]2CC[C@H]1O)C1CCC1. The number of aliphatic hydroxyl groups excluding tert-OH is 1. The lowest BCUT2D eigenvalue weighted by atomic mass is 9.56. The molecule has 4 aliphatic rings. The van der Waals surface area contributed by atoms with Crippen LogP contribution in [-0.4, -0.2) is 44.1 Å². The maximum Gasteiger partial charge on any atom is 0.194 e. The Labute approximate surface area is 178 Å². The Bertz CT molecular complexity index is 677. The molecule has 0 radical (unpaired) electrons. The van der Waals surface area contributed by atoms with E-state index in [1.165, 1.54) is 19.3 Å². The van der Waals surface area contributed by atoms with Crippen molar-refractivity contribution in [3.8, 4) is 11.8 Å². The molecule has 0 aromatic carbocycles. The molecule has 0 aromatic rings. The van der Waals surface area contributed by atoms with E-state index in [2.05, 4.69) is 52.6 Å². The highest BCUT2D eigenvalue weighted by atomic mass is 28.4. The van der Waals surface area contributed by atoms with Crippen LogP contribution in [0.4, 0.5) is 0 Å². The lowest BCUT2D eigenvalue weighted by Gasteiger charge is -2.56. The minimum Gasteiger partial charge on any atom is -0.401 e. The minimum atomic E-state index is -1.94. The first-order valence-electron chi connectivity index (χ1n) is 11.7. The average Bonchev–Trinajstić information content (AvgIpc) is 3.01. The van der Waals surface area contributed by atoms with Crippen molar-refractivity contribution in [2.75, 3.05) is 13.2 Å². The van der Waals surface area contributed by atoms with Gasteiger partial charge in [-0.15, -0.1) is 0 Å². The van der Waals surface area contributed by atoms with E-state index in [9.17, 15) is 5.11 Å². The maximum absolute atomic E-state index is 10.8. The third-order valence-electron chi connectivity index (χ3n) is 8.67. The van der Waals surface area contributed by atoms with Gasteiger partial charge in [-0.1, -0.05) is 39.0 Å². The summed E-state index contributed by atoms with van der Waals surface area (Å²) in [5, 5.41) is 10.9. The Morgan fingerprint density at radius 2 is 1.69 bits per heavy atom. The van der Waals surface area contributed by atoms with Crippen molar-refractivity contribution in [3.05, 3.63) is 0 Å². The predicted molar refractivity (Wildman–Crippen MR) is 117 cm³/mol. The normalized spacial score (nSPS) is 36.4. The first-order valence-corrected chi connectivity index (χ1v) is 14.6. The fourth-order valence-electron chi connectivity index (χ4n) is 5.50. The fraction of sp³-hybridized carbons (Fsp3) is 0.917. The molecule has 4 nitrogen and oxygen atoms in total. The van der Waals surface area contributed by atoms with Crippen molar-refractivity contribution in [3.63, 3.8) is 0 Å². The largest absolute Gasteiger partial charge is 0.401 e. The van der Waals surface area contributed by atoms with Crippen LogP contribution in [0.2, 0.25) is 18.1 Å². The molecular formula is C24H40O4Si. The second-order valence-corrected chi connectivity index (χ2v) is 16.2. The molecule has 1 N–H and O–H groups in total. The Balaban J connectivity index is 1.55. The zero-order valence-electron chi connectivity index (χ0n) is 19.2. The molecule has 3 saturated carbocycles. The third-order valence-corrected chi connectivity index (χ3v) is 13.2. The van der Waals surface area contributed by atoms with Gasteiger partial charge in [-0.05, 0) is 62.6 Å². The van der Waals surface area contributed by atoms with Crippen LogP contribution in [-0.2, 0) is 13.9 Å². The molecule has 1 saturated heterocycles. The lowest BCUT2D eigenvalue weighted by molar-refractivity contribution is -0.296. The molecule has 164 valence electrons. The zero-order chi connectivity index (χ0) is 21.1. The predicted octanol–water partition coefficient (Wildman–Crippen LogP) is 4.72. The summed E-state index contributed by atoms with van der Waals surface area (Å²) in [6, 6.07) is 0. The van der Waals surface area contributed by atoms with E-state index >= 15 is 0 Å². The van der Waals surface area contributed by atoms with Gasteiger partial charge in [-0.2, -0.15) is 0 Å². The molecular weight excluding hydrogens is 380 g/mol. The molecule has 1 spiro atoms. The van der Waals surface area contributed by atoms with Gasteiger partial charge in [0.25, 0.3) is 0 Å². The highest BCUT2D eigenvalue weighted by Gasteiger charge is 2.62. The van der Waals surface area contributed by atoms with Crippen molar-refractivity contribution >= 4 is 8.32 Å². The topological polar surface area (TPSA) is 47.9 Å². The summed E-state index contributed by atoms with van der Waals surface area (Å²) in [7, 11) is -1.94. The summed E-state index contributed by atoms with van der Waals surface area (Å²) in [5.74, 6) is 8.07. The van der Waals surface area contributed by atoms with Crippen molar-refractivity contribution in [1.82, 2.24) is 0 Å². The second kappa shape index (κ2) is 7.34. The average molecular weight is 421 g/mol. The summed E-state index contributed by atoms with van der Waals surface area (Å²) in [4.78, 5) is 0. The number of rotatable bonds is 3. The van der Waals surface area contributed by atoms with Crippen LogP contribution in [0.25, 0.3) is 0 Å². The van der Waals surface area contributed by atoms with Gasteiger partial charge in [0.2, 0.25) is 0 Å². The monoisotopic (exact) mass is 420 g/mol. The van der Waals surface area contributed by atoms with Gasteiger partial charge in [0.15, 0.2) is 14.1 Å². The number of hydrogen-bond donors (Lipinski definition) is 1. The Hall–Kier alpha value is -0.383. The van der Waals surface area contributed by atoms with Crippen LogP contribution in [0.15, 0.2) is 0 Å². The van der Waals surface area contributed by atoms with Gasteiger partial charge < -0.3 is 19.0 Å². The van der Waals surface area contributed by atoms with Gasteiger partial charge in [-0.25, -0.2) is 0 Å². The van der Waals surface area contributed by atoms with E-state index in [0.29, 0.717) is 31.0 Å². The quantitative estimate of drug-likeness (QED) is 0.530. The Morgan fingerprint density at radius 3 is 2.24 bits per heavy atom. The van der Waals surface area contributed by atoms with E-state index in [0.717, 1.165) is 19.3 Å². The van der Waals surface area contributed by atoms with E-state index < -0.39 is 13.9 Å². The van der Waals surface area contributed by atoms with Crippen molar-refractivity contribution in [1.29, 1.82) is 0 Å². The van der Waals surface area contributed by atoms with Crippen LogP contribution in [0, 0.1) is 35.5 Å². The van der Waals surface area contributed by atoms with Crippen molar-refractivity contribution in [2.45, 2.75) is 102 Å². The van der Waals surface area contributed by atoms with Gasteiger partial charge in [-0.3, -0.25) is 0 Å². The highest BCUT2D eigenvalue weighted by Crippen LogP contribution is 2.58. The summed E-state index contributed by atoms with van der Waals surface area (Å²) >= 11 is 0. The van der Waals surface area contributed by atoms with Gasteiger partial charge in [0.05, 0.1) is 19.3 Å². The third kappa shape index (κ3) is 3.74. The standard InChI is InChI=1S/C24H40O4Si/c1-22(2,3)29(5,6)28-23(4,17-8-7-9-17)13-12-18-19-16-24(26-14-15-27-24)20(19)10-11-21(18)25/h17-21,25H,7-11,14-16H2,1-6H3/t18-,19-,20+,21-,23+/m1/s1. The molecule has 4 fully saturated rings. The van der Waals surface area contributed by atoms with Crippen molar-refractivity contribution < 1.29 is 19.0 Å². The molecule has 0 aromatic heterocycles. The molecule has 0 amide bonds. The molecule has 1 heterocycles. The first-order chi connectivity index (χ1) is 13.5. The summed E-state index contributed by atoms with van der Waals surface area (Å²) in [6.07, 6.45) is 5.96. The Kier molecular flexibility index (Phi) is 5.53. The smallest absolute Gasteiger partial charge is 0.194 e. The maximum atomic E-state index is 10.8. The molecule has 0 unspecified atom stereocenters. The van der Waals surface area contributed by atoms with Crippen LogP contribution >= 0.6 is 0 Å². The second-order valence-electron chi connectivity index (χ2n) is 11.5. The van der Waals surface area contributed by atoms with Crippen LogP contribution in [0.1, 0.15) is 66.2 Å². The summed E-state index contributed by atoms with van der Waals surface area (Å²) in [6.45, 7) is 15.1. The fourth-order valence-corrected chi connectivity index (χ4v) is 7.08. The van der Waals surface area contributed by atoms with E-state index in [-0.39, 0.29) is 22.8 Å². The molecule has 5 atom stereocenters. The number of fused-ring (bicyclic) bond motifs is 2. The van der Waals surface area contributed by atoms with Crippen molar-refractivity contribution in [2.24, 2.45) is 23.7 Å². The van der Waals surface area contributed by atoms with Crippen LogP contribution in [0.3, 0.4) is 0 Å². The number of hydrogen-bond acceptors (Lipinski definition) is 4. The molecule has 4 rings (SSSR count). The molecule has 0 bridgehead atoms. The molecule has 3 aliphatic carbocycles. The van der Waals surface area contributed by atoms with E-state index in [4.69, 9.17) is 13.9 Å². The number of ether oxygens (including phenoxy) is 2.